The van der Waals surface area contributed by atoms with Crippen molar-refractivity contribution in [1.82, 2.24) is 10.2 Å². The minimum absolute atomic E-state index is 0.594. The molecule has 1 N–H and O–H groups in total. The first-order chi connectivity index (χ1) is 10.9. The summed E-state index contributed by atoms with van der Waals surface area (Å²) in [5, 5.41) is 4.35. The normalized spacial score (nSPS) is 52.1. The van der Waals surface area contributed by atoms with Gasteiger partial charge in [-0.15, -0.1) is 11.8 Å². The fourth-order valence-corrected chi connectivity index (χ4v) is 7.34. The highest BCUT2D eigenvalue weighted by Gasteiger charge is 2.52. The van der Waals surface area contributed by atoms with Crippen LogP contribution in [0.25, 0.3) is 0 Å². The van der Waals surface area contributed by atoms with E-state index in [4.69, 9.17) is 4.74 Å². The summed E-state index contributed by atoms with van der Waals surface area (Å²) in [7, 11) is 0. The second-order valence-corrected chi connectivity index (χ2v) is 9.51. The van der Waals surface area contributed by atoms with Crippen molar-refractivity contribution in [2.45, 2.75) is 68.4 Å². The van der Waals surface area contributed by atoms with E-state index in [0.717, 1.165) is 34.9 Å². The molecule has 5 fully saturated rings. The van der Waals surface area contributed by atoms with Crippen LogP contribution in [-0.4, -0.2) is 53.9 Å². The lowest BCUT2D eigenvalue weighted by atomic mass is 9.70. The van der Waals surface area contributed by atoms with E-state index in [0.29, 0.717) is 12.2 Å². The van der Waals surface area contributed by atoms with Crippen molar-refractivity contribution in [3.05, 3.63) is 0 Å². The summed E-state index contributed by atoms with van der Waals surface area (Å²) >= 11 is 2.13. The molecule has 0 amide bonds. The van der Waals surface area contributed by atoms with Crippen molar-refractivity contribution in [2.75, 3.05) is 25.5 Å². The highest BCUT2D eigenvalue weighted by molar-refractivity contribution is 8.00. The van der Waals surface area contributed by atoms with Crippen molar-refractivity contribution in [3.8, 4) is 0 Å². The maximum absolute atomic E-state index is 6.44. The Balaban J connectivity index is 1.21. The SMILES string of the molecule is C1CCN2CCC(C3CC4OC3CC4C3CNCS3)CC2C1. The molecule has 22 heavy (non-hydrogen) atoms. The third-order valence-electron chi connectivity index (χ3n) is 7.25. The summed E-state index contributed by atoms with van der Waals surface area (Å²) in [5.74, 6) is 3.85. The Bertz CT molecular complexity index is 414. The molecular formula is C18H30N2OS. The highest BCUT2D eigenvalue weighted by atomic mass is 32.2. The van der Waals surface area contributed by atoms with Gasteiger partial charge in [-0.2, -0.15) is 0 Å². The van der Waals surface area contributed by atoms with Crippen LogP contribution >= 0.6 is 11.8 Å². The summed E-state index contributed by atoms with van der Waals surface area (Å²) in [6.45, 7) is 3.96. The van der Waals surface area contributed by atoms with E-state index >= 15 is 0 Å². The van der Waals surface area contributed by atoms with E-state index in [2.05, 4.69) is 22.0 Å². The van der Waals surface area contributed by atoms with E-state index in [1.54, 1.807) is 0 Å². The number of ether oxygens (including phenoxy) is 1. The molecule has 5 heterocycles. The molecule has 7 unspecified atom stereocenters. The van der Waals surface area contributed by atoms with Gasteiger partial charge in [0, 0.05) is 29.6 Å². The van der Waals surface area contributed by atoms with Gasteiger partial charge in [-0.1, -0.05) is 6.42 Å². The molecule has 7 atom stereocenters. The van der Waals surface area contributed by atoms with Crippen LogP contribution in [0.15, 0.2) is 0 Å². The van der Waals surface area contributed by atoms with Crippen molar-refractivity contribution in [3.63, 3.8) is 0 Å². The Hall–Kier alpha value is 0.230. The number of nitrogens with one attached hydrogen (secondary N) is 1. The minimum atomic E-state index is 0.594. The molecule has 0 spiro atoms. The van der Waals surface area contributed by atoms with E-state index in [1.165, 1.54) is 64.6 Å². The first kappa shape index (κ1) is 14.6. The van der Waals surface area contributed by atoms with E-state index < -0.39 is 0 Å². The smallest absolute Gasteiger partial charge is 0.0622 e. The second-order valence-electron chi connectivity index (χ2n) is 8.29. The molecule has 3 nitrogen and oxygen atoms in total. The van der Waals surface area contributed by atoms with Gasteiger partial charge in [0.1, 0.15) is 0 Å². The molecule has 0 aromatic rings. The van der Waals surface area contributed by atoms with Gasteiger partial charge < -0.3 is 15.0 Å². The molecule has 4 heteroatoms. The minimum Gasteiger partial charge on any atom is -0.374 e. The highest BCUT2D eigenvalue weighted by Crippen LogP contribution is 2.51. The summed E-state index contributed by atoms with van der Waals surface area (Å²) in [4.78, 5) is 2.79. The predicted octanol–water partition coefficient (Wildman–Crippen LogP) is 2.71. The van der Waals surface area contributed by atoms with Gasteiger partial charge in [0.05, 0.1) is 12.2 Å². The monoisotopic (exact) mass is 322 g/mol. The average Bonchev–Trinajstić information content (AvgIpc) is 3.30. The van der Waals surface area contributed by atoms with Gasteiger partial charge in [0.2, 0.25) is 0 Å². The second kappa shape index (κ2) is 5.94. The molecular weight excluding hydrogens is 292 g/mol. The molecule has 0 saturated carbocycles. The lowest BCUT2D eigenvalue weighted by molar-refractivity contribution is 0.0328. The van der Waals surface area contributed by atoms with Gasteiger partial charge in [-0.25, -0.2) is 0 Å². The third-order valence-corrected chi connectivity index (χ3v) is 8.57. The van der Waals surface area contributed by atoms with E-state index in [1.807, 2.05) is 0 Å². The first-order valence-corrected chi connectivity index (χ1v) is 10.6. The molecule has 5 aliphatic rings. The molecule has 0 aromatic carbocycles. The Kier molecular flexibility index (Phi) is 3.94. The average molecular weight is 323 g/mol. The quantitative estimate of drug-likeness (QED) is 0.845. The van der Waals surface area contributed by atoms with Crippen LogP contribution in [0.1, 0.15) is 44.9 Å². The van der Waals surface area contributed by atoms with Gasteiger partial charge in [0.15, 0.2) is 0 Å². The topological polar surface area (TPSA) is 24.5 Å². The standard InChI is InChI=1S/C18H30N2OS/c1-2-5-20-6-4-12(7-13(20)3-1)14-8-17-15(9-16(14)21-17)18-10-19-11-22-18/h12-19H,1-11H2. The van der Waals surface area contributed by atoms with Crippen LogP contribution in [-0.2, 0) is 4.74 Å². The Morgan fingerprint density at radius 2 is 1.86 bits per heavy atom. The summed E-state index contributed by atoms with van der Waals surface area (Å²) < 4.78 is 6.44. The number of nitrogens with zero attached hydrogens (tertiary/aromatic N) is 1. The largest absolute Gasteiger partial charge is 0.374 e. The summed E-state index contributed by atoms with van der Waals surface area (Å²) in [6, 6.07) is 0.914. The fourth-order valence-electron chi connectivity index (χ4n) is 6.12. The molecule has 0 radical (unpaired) electrons. The molecule has 5 rings (SSSR count). The number of rotatable bonds is 2. The number of piperidine rings is 2. The summed E-state index contributed by atoms with van der Waals surface area (Å²) in [5.41, 5.74) is 0. The lowest BCUT2D eigenvalue weighted by Crippen LogP contribution is -2.47. The summed E-state index contributed by atoms with van der Waals surface area (Å²) in [6.07, 6.45) is 11.2. The fraction of sp³-hybridized carbons (Fsp3) is 1.00. The number of hydrogen-bond donors (Lipinski definition) is 1. The molecule has 0 aliphatic carbocycles. The Labute approximate surface area is 138 Å². The van der Waals surface area contributed by atoms with E-state index in [-0.39, 0.29) is 0 Å². The maximum Gasteiger partial charge on any atom is 0.0622 e. The molecule has 0 aromatic heterocycles. The van der Waals surface area contributed by atoms with Gasteiger partial charge in [0.25, 0.3) is 0 Å². The molecule has 124 valence electrons. The zero-order valence-electron chi connectivity index (χ0n) is 13.6. The lowest BCUT2D eigenvalue weighted by Gasteiger charge is -2.45. The van der Waals surface area contributed by atoms with Crippen LogP contribution in [0.5, 0.6) is 0 Å². The van der Waals surface area contributed by atoms with E-state index in [9.17, 15) is 0 Å². The molecule has 5 aliphatic heterocycles. The van der Waals surface area contributed by atoms with Crippen molar-refractivity contribution in [1.29, 1.82) is 0 Å². The van der Waals surface area contributed by atoms with Crippen LogP contribution < -0.4 is 5.32 Å². The van der Waals surface area contributed by atoms with Crippen LogP contribution in [0.3, 0.4) is 0 Å². The van der Waals surface area contributed by atoms with Crippen molar-refractivity contribution in [2.24, 2.45) is 17.8 Å². The number of hydrogen-bond acceptors (Lipinski definition) is 4. The van der Waals surface area contributed by atoms with Crippen molar-refractivity contribution < 1.29 is 4.74 Å². The van der Waals surface area contributed by atoms with Gasteiger partial charge in [-0.3, -0.25) is 0 Å². The third kappa shape index (κ3) is 2.45. The molecule has 2 bridgehead atoms. The number of thioether (sulfide) groups is 1. The zero-order chi connectivity index (χ0) is 14.5. The zero-order valence-corrected chi connectivity index (χ0v) is 14.4. The predicted molar refractivity (Wildman–Crippen MR) is 91.1 cm³/mol. The van der Waals surface area contributed by atoms with Crippen LogP contribution in [0.4, 0.5) is 0 Å². The molecule has 5 saturated heterocycles. The maximum atomic E-state index is 6.44. The van der Waals surface area contributed by atoms with Crippen LogP contribution in [0, 0.1) is 17.8 Å². The van der Waals surface area contributed by atoms with Gasteiger partial charge in [-0.05, 0) is 63.5 Å². The van der Waals surface area contributed by atoms with Gasteiger partial charge >= 0.3 is 0 Å². The first-order valence-electron chi connectivity index (χ1n) is 9.60. The van der Waals surface area contributed by atoms with Crippen molar-refractivity contribution >= 4 is 11.8 Å². The number of fused-ring (bicyclic) bond motifs is 3. The van der Waals surface area contributed by atoms with Crippen LogP contribution in [0.2, 0.25) is 0 Å². The Morgan fingerprint density at radius 1 is 0.955 bits per heavy atom. The Morgan fingerprint density at radius 3 is 2.68 bits per heavy atom.